The second-order valence-electron chi connectivity index (χ2n) is 6.39. The summed E-state index contributed by atoms with van der Waals surface area (Å²) in [6, 6.07) is 6.71. The maximum atomic E-state index is 12.2. The molecule has 2 atom stereocenters. The Morgan fingerprint density at radius 1 is 1.38 bits per heavy atom. The summed E-state index contributed by atoms with van der Waals surface area (Å²) in [4.78, 5) is 11.0. The number of nitrogen functional groups attached to an aromatic ring is 1. The van der Waals surface area contributed by atoms with Crippen LogP contribution in [0.5, 0.6) is 0 Å². The molecule has 1 saturated heterocycles. The van der Waals surface area contributed by atoms with Crippen LogP contribution in [0.2, 0.25) is 5.02 Å². The van der Waals surface area contributed by atoms with Gasteiger partial charge in [-0.05, 0) is 37.1 Å². The molecule has 0 unspecified atom stereocenters. The number of nitrogens with one attached hydrogen (secondary N) is 1. The lowest BCUT2D eigenvalue weighted by Gasteiger charge is -2.31. The van der Waals surface area contributed by atoms with Gasteiger partial charge in [0.05, 0.1) is 22.4 Å². The van der Waals surface area contributed by atoms with Gasteiger partial charge in [-0.15, -0.1) is 0 Å². The number of nitrogens with two attached hydrogens (primary N) is 1. The van der Waals surface area contributed by atoms with Gasteiger partial charge in [-0.25, -0.2) is 14.0 Å². The zero-order chi connectivity index (χ0) is 18.9. The summed E-state index contributed by atoms with van der Waals surface area (Å²) in [6.45, 7) is 3.62. The molecule has 7 nitrogen and oxygen atoms in total. The van der Waals surface area contributed by atoms with Crippen LogP contribution in [-0.4, -0.2) is 40.2 Å². The molecule has 0 spiro atoms. The van der Waals surface area contributed by atoms with Crippen LogP contribution in [0.4, 0.5) is 11.8 Å². The largest absolute Gasteiger partial charge is 0.379 e. The third kappa shape index (κ3) is 4.08. The number of halogens is 1. The number of aromatic nitrogens is 2. The molecule has 0 aliphatic carbocycles. The molecule has 0 saturated carbocycles. The van der Waals surface area contributed by atoms with Crippen molar-refractivity contribution in [2.24, 2.45) is 0 Å². The Labute approximate surface area is 158 Å². The third-order valence-corrected chi connectivity index (χ3v) is 5.77. The maximum absolute atomic E-state index is 12.2. The van der Waals surface area contributed by atoms with E-state index in [4.69, 9.17) is 26.9 Å². The van der Waals surface area contributed by atoms with Gasteiger partial charge in [0.25, 0.3) is 0 Å². The lowest BCUT2D eigenvalue weighted by atomic mass is 10.1. The normalized spacial score (nSPS) is 20.4. The Morgan fingerprint density at radius 3 is 2.85 bits per heavy atom. The molecule has 0 amide bonds. The quantitative estimate of drug-likeness (QED) is 0.827. The molecular weight excluding hydrogens is 374 g/mol. The lowest BCUT2D eigenvalue weighted by Crippen LogP contribution is -2.32. The predicted molar refractivity (Wildman–Crippen MR) is 103 cm³/mol. The number of rotatable bonds is 3. The highest BCUT2D eigenvalue weighted by atomic mass is 35.5. The van der Waals surface area contributed by atoms with E-state index in [0.29, 0.717) is 35.5 Å². The molecule has 1 aromatic heterocycles. The molecule has 0 bridgehead atoms. The standard InChI is InChI=1S/C17H22ClN5O2S/c1-11-8-16(22-17(19)21-11)23-6-3-7-25-10-15(23)13-9-12(26(2,20)24)4-5-14(13)18/h4-5,8-9,15,20H,3,6-7,10H2,1-2H3,(H2,19,21,22)/t15-,26-/m1/s1. The Hall–Kier alpha value is -1.90. The first-order valence-corrected chi connectivity index (χ1v) is 10.6. The van der Waals surface area contributed by atoms with E-state index in [2.05, 4.69) is 14.9 Å². The van der Waals surface area contributed by atoms with Crippen molar-refractivity contribution >= 4 is 33.1 Å². The highest BCUT2D eigenvalue weighted by Gasteiger charge is 2.27. The van der Waals surface area contributed by atoms with Gasteiger partial charge in [0.2, 0.25) is 5.95 Å². The molecular formula is C17H22ClN5O2S. The van der Waals surface area contributed by atoms with Crippen molar-refractivity contribution in [2.75, 3.05) is 36.6 Å². The molecule has 1 aliphatic rings. The zero-order valence-corrected chi connectivity index (χ0v) is 16.3. The number of ether oxygens (including phenoxy) is 1. The first-order chi connectivity index (χ1) is 12.3. The number of hydrogen-bond acceptors (Lipinski definition) is 7. The van der Waals surface area contributed by atoms with E-state index in [0.717, 1.165) is 17.7 Å². The first-order valence-electron chi connectivity index (χ1n) is 8.24. The predicted octanol–water partition coefficient (Wildman–Crippen LogP) is 3.02. The lowest BCUT2D eigenvalue weighted by molar-refractivity contribution is 0.134. The Bertz CT molecular complexity index is 899. The fourth-order valence-corrected chi connectivity index (χ4v) is 3.97. The third-order valence-electron chi connectivity index (χ3n) is 4.27. The van der Waals surface area contributed by atoms with Gasteiger partial charge >= 0.3 is 0 Å². The van der Waals surface area contributed by atoms with Crippen LogP contribution in [0.25, 0.3) is 0 Å². The summed E-state index contributed by atoms with van der Waals surface area (Å²) >= 11 is 6.45. The van der Waals surface area contributed by atoms with Gasteiger partial charge in [0.1, 0.15) is 5.82 Å². The van der Waals surface area contributed by atoms with Crippen LogP contribution in [0.1, 0.15) is 23.7 Å². The van der Waals surface area contributed by atoms with Crippen molar-refractivity contribution in [3.63, 3.8) is 0 Å². The highest BCUT2D eigenvalue weighted by molar-refractivity contribution is 7.91. The van der Waals surface area contributed by atoms with E-state index in [1.54, 1.807) is 18.2 Å². The minimum absolute atomic E-state index is 0.214. The first kappa shape index (κ1) is 18.9. The molecule has 0 radical (unpaired) electrons. The molecule has 140 valence electrons. The SMILES string of the molecule is Cc1cc(N2CCCOC[C@@H]2c2cc([S@](C)(=N)=O)ccc2Cl)nc(N)n1. The number of nitrogens with zero attached hydrogens (tertiary/aromatic N) is 3. The van der Waals surface area contributed by atoms with Crippen LogP contribution in [-0.2, 0) is 14.5 Å². The number of anilines is 2. The summed E-state index contributed by atoms with van der Waals surface area (Å²) in [5.74, 6) is 0.918. The van der Waals surface area contributed by atoms with Gasteiger partial charge in [-0.2, -0.15) is 4.98 Å². The molecule has 9 heteroatoms. The Balaban J connectivity index is 2.10. The molecule has 3 rings (SSSR count). The molecule has 1 aliphatic heterocycles. The zero-order valence-electron chi connectivity index (χ0n) is 14.7. The molecule has 1 fully saturated rings. The Kier molecular flexibility index (Phi) is 5.36. The minimum atomic E-state index is -2.85. The van der Waals surface area contributed by atoms with Crippen LogP contribution >= 0.6 is 11.6 Å². The summed E-state index contributed by atoms with van der Waals surface area (Å²) in [5, 5.41) is 0.539. The van der Waals surface area contributed by atoms with Crippen molar-refractivity contribution in [1.29, 1.82) is 4.78 Å². The summed E-state index contributed by atoms with van der Waals surface area (Å²) < 4.78 is 25.8. The molecule has 3 N–H and O–H groups in total. The van der Waals surface area contributed by atoms with Crippen molar-refractivity contribution in [1.82, 2.24) is 9.97 Å². The highest BCUT2D eigenvalue weighted by Crippen LogP contribution is 2.34. The van der Waals surface area contributed by atoms with Gasteiger partial charge in [-0.3, -0.25) is 0 Å². The number of benzene rings is 1. The fraction of sp³-hybridized carbons (Fsp3) is 0.412. The summed E-state index contributed by atoms with van der Waals surface area (Å²) in [6.07, 6.45) is 2.23. The van der Waals surface area contributed by atoms with Gasteiger partial charge in [-0.1, -0.05) is 11.6 Å². The van der Waals surface area contributed by atoms with Crippen molar-refractivity contribution in [3.8, 4) is 0 Å². The van der Waals surface area contributed by atoms with E-state index in [1.807, 2.05) is 13.0 Å². The molecule has 1 aromatic carbocycles. The molecule has 2 heterocycles. The van der Waals surface area contributed by atoms with Gasteiger partial charge in [0.15, 0.2) is 0 Å². The average Bonchev–Trinajstić information content (AvgIpc) is 2.79. The summed E-state index contributed by atoms with van der Waals surface area (Å²) in [7, 11) is -2.85. The van der Waals surface area contributed by atoms with Crippen LogP contribution < -0.4 is 10.6 Å². The molecule has 2 aromatic rings. The number of hydrogen-bond donors (Lipinski definition) is 2. The second-order valence-corrected chi connectivity index (χ2v) is 8.96. The average molecular weight is 396 g/mol. The van der Waals surface area contributed by atoms with E-state index in [9.17, 15) is 4.21 Å². The smallest absolute Gasteiger partial charge is 0.222 e. The van der Waals surface area contributed by atoms with Crippen molar-refractivity contribution in [3.05, 3.63) is 40.5 Å². The second kappa shape index (κ2) is 7.38. The van der Waals surface area contributed by atoms with Gasteiger partial charge < -0.3 is 15.4 Å². The molecule has 26 heavy (non-hydrogen) atoms. The number of aryl methyl sites for hydroxylation is 1. The van der Waals surface area contributed by atoms with Gasteiger partial charge in [0, 0.05) is 41.1 Å². The fourth-order valence-electron chi connectivity index (χ4n) is 3.05. The van der Waals surface area contributed by atoms with Crippen molar-refractivity contribution < 1.29 is 8.95 Å². The van der Waals surface area contributed by atoms with Crippen molar-refractivity contribution in [2.45, 2.75) is 24.3 Å². The van der Waals surface area contributed by atoms with Crippen LogP contribution in [0, 0.1) is 11.7 Å². The van der Waals surface area contributed by atoms with E-state index in [-0.39, 0.29) is 12.0 Å². The maximum Gasteiger partial charge on any atom is 0.222 e. The van der Waals surface area contributed by atoms with E-state index >= 15 is 0 Å². The van der Waals surface area contributed by atoms with E-state index in [1.165, 1.54) is 6.26 Å². The van der Waals surface area contributed by atoms with Crippen LogP contribution in [0.3, 0.4) is 0 Å². The minimum Gasteiger partial charge on any atom is -0.379 e. The topological polar surface area (TPSA) is 105 Å². The Morgan fingerprint density at radius 2 is 2.15 bits per heavy atom. The monoisotopic (exact) mass is 395 g/mol. The van der Waals surface area contributed by atoms with E-state index < -0.39 is 9.73 Å². The van der Waals surface area contributed by atoms with Crippen LogP contribution in [0.15, 0.2) is 29.2 Å². The summed E-state index contributed by atoms with van der Waals surface area (Å²) in [5.41, 5.74) is 7.37.